The molecule has 1 unspecified atom stereocenters. The third-order valence-corrected chi connectivity index (χ3v) is 3.25. The van der Waals surface area contributed by atoms with Crippen LogP contribution >= 0.6 is 0 Å². The van der Waals surface area contributed by atoms with Crippen molar-refractivity contribution >= 4 is 5.69 Å². The van der Waals surface area contributed by atoms with Crippen molar-refractivity contribution in [3.05, 3.63) is 29.3 Å². The van der Waals surface area contributed by atoms with Crippen LogP contribution in [0.15, 0.2) is 18.2 Å². The van der Waals surface area contributed by atoms with Crippen molar-refractivity contribution in [2.24, 2.45) is 5.73 Å². The number of hydrogen-bond acceptors (Lipinski definition) is 3. The summed E-state index contributed by atoms with van der Waals surface area (Å²) in [5.74, 6) is 0. The van der Waals surface area contributed by atoms with E-state index < -0.39 is 5.54 Å². The van der Waals surface area contributed by atoms with Gasteiger partial charge in [-0.3, -0.25) is 0 Å². The van der Waals surface area contributed by atoms with Crippen LogP contribution in [0.25, 0.3) is 0 Å². The number of aliphatic hydroxyl groups excluding tert-OH is 1. The second-order valence-corrected chi connectivity index (χ2v) is 5.68. The maximum Gasteiger partial charge on any atom is 0.0608 e. The lowest BCUT2D eigenvalue weighted by Crippen LogP contribution is -2.40. The van der Waals surface area contributed by atoms with Crippen molar-refractivity contribution < 1.29 is 5.11 Å². The molecule has 0 aliphatic carbocycles. The fourth-order valence-electron chi connectivity index (χ4n) is 2.10. The fraction of sp³-hybridized carbons (Fsp3) is 0.600. The van der Waals surface area contributed by atoms with Crippen molar-refractivity contribution in [2.75, 3.05) is 25.1 Å². The second kappa shape index (κ2) is 6.21. The van der Waals surface area contributed by atoms with E-state index in [0.29, 0.717) is 0 Å². The van der Waals surface area contributed by atoms with E-state index in [1.54, 1.807) is 0 Å². The molecule has 0 saturated heterocycles. The van der Waals surface area contributed by atoms with Crippen LogP contribution in [0.5, 0.6) is 0 Å². The Balaban J connectivity index is 2.53. The Kier molecular flexibility index (Phi) is 5.17. The zero-order chi connectivity index (χ0) is 13.8. The van der Waals surface area contributed by atoms with Gasteiger partial charge in [0.2, 0.25) is 0 Å². The normalized spacial score (nSPS) is 14.3. The standard InChI is InChI=1S/C15H26N2O/c1-12-8-13(2)10-14(9-12)17(4)7-5-6-15(3,16)11-18/h8-10,18H,5-7,11,16H2,1-4H3. The lowest BCUT2D eigenvalue weighted by Gasteiger charge is -2.25. The molecule has 0 aromatic heterocycles. The summed E-state index contributed by atoms with van der Waals surface area (Å²) in [6, 6.07) is 6.57. The number of nitrogens with two attached hydrogens (primary N) is 1. The van der Waals surface area contributed by atoms with Crippen molar-refractivity contribution in [3.63, 3.8) is 0 Å². The van der Waals surface area contributed by atoms with Gasteiger partial charge in [-0.1, -0.05) is 6.07 Å². The number of aryl methyl sites for hydroxylation is 2. The van der Waals surface area contributed by atoms with Crippen LogP contribution in [0.3, 0.4) is 0 Å². The second-order valence-electron chi connectivity index (χ2n) is 5.68. The topological polar surface area (TPSA) is 49.5 Å². The summed E-state index contributed by atoms with van der Waals surface area (Å²) >= 11 is 0. The number of anilines is 1. The van der Waals surface area contributed by atoms with Crippen LogP contribution in [-0.4, -0.2) is 30.8 Å². The van der Waals surface area contributed by atoms with Gasteiger partial charge in [0.25, 0.3) is 0 Å². The first-order valence-electron chi connectivity index (χ1n) is 6.53. The summed E-state index contributed by atoms with van der Waals surface area (Å²) in [5, 5.41) is 9.11. The first-order chi connectivity index (χ1) is 8.34. The molecule has 0 saturated carbocycles. The van der Waals surface area contributed by atoms with Gasteiger partial charge in [-0.2, -0.15) is 0 Å². The van der Waals surface area contributed by atoms with E-state index in [1.165, 1.54) is 16.8 Å². The average Bonchev–Trinajstić information content (AvgIpc) is 2.27. The third kappa shape index (κ3) is 4.67. The Morgan fingerprint density at radius 1 is 1.22 bits per heavy atom. The molecule has 0 radical (unpaired) electrons. The fourth-order valence-corrected chi connectivity index (χ4v) is 2.10. The Hall–Kier alpha value is -1.06. The minimum absolute atomic E-state index is 0.0419. The van der Waals surface area contributed by atoms with Gasteiger partial charge in [-0.15, -0.1) is 0 Å². The molecule has 0 aliphatic rings. The summed E-state index contributed by atoms with van der Waals surface area (Å²) < 4.78 is 0. The zero-order valence-corrected chi connectivity index (χ0v) is 12.0. The number of nitrogens with zero attached hydrogens (tertiary/aromatic N) is 1. The van der Waals surface area contributed by atoms with Crippen LogP contribution in [-0.2, 0) is 0 Å². The van der Waals surface area contributed by atoms with Gasteiger partial charge in [-0.25, -0.2) is 0 Å². The average molecular weight is 250 g/mol. The van der Waals surface area contributed by atoms with Gasteiger partial charge < -0.3 is 15.7 Å². The molecule has 1 aromatic rings. The van der Waals surface area contributed by atoms with Gasteiger partial charge in [0.1, 0.15) is 0 Å². The Morgan fingerprint density at radius 3 is 2.28 bits per heavy atom. The molecule has 1 rings (SSSR count). The maximum absolute atomic E-state index is 9.11. The van der Waals surface area contributed by atoms with E-state index in [2.05, 4.69) is 44.0 Å². The predicted octanol–water partition coefficient (Wildman–Crippen LogP) is 2.23. The molecule has 0 heterocycles. The Bertz CT molecular complexity index is 368. The number of benzene rings is 1. The minimum atomic E-state index is -0.455. The maximum atomic E-state index is 9.11. The van der Waals surface area contributed by atoms with E-state index >= 15 is 0 Å². The molecule has 3 N–H and O–H groups in total. The first-order valence-corrected chi connectivity index (χ1v) is 6.53. The largest absolute Gasteiger partial charge is 0.394 e. The molecule has 3 heteroatoms. The Labute approximate surface area is 111 Å². The molecule has 0 fully saturated rings. The summed E-state index contributed by atoms with van der Waals surface area (Å²) in [7, 11) is 2.10. The van der Waals surface area contributed by atoms with Crippen molar-refractivity contribution in [3.8, 4) is 0 Å². The lowest BCUT2D eigenvalue weighted by atomic mass is 9.98. The lowest BCUT2D eigenvalue weighted by molar-refractivity contribution is 0.199. The number of rotatable bonds is 6. The number of hydrogen-bond donors (Lipinski definition) is 2. The third-order valence-electron chi connectivity index (χ3n) is 3.25. The molecule has 3 nitrogen and oxygen atoms in total. The molecule has 18 heavy (non-hydrogen) atoms. The Morgan fingerprint density at radius 2 is 1.78 bits per heavy atom. The van der Waals surface area contributed by atoms with Gasteiger partial charge in [-0.05, 0) is 56.9 Å². The molecule has 1 atom stereocenters. The van der Waals surface area contributed by atoms with Crippen LogP contribution in [0.1, 0.15) is 30.9 Å². The highest BCUT2D eigenvalue weighted by molar-refractivity contribution is 5.50. The molecule has 0 amide bonds. The molecule has 0 aliphatic heterocycles. The van der Waals surface area contributed by atoms with Crippen molar-refractivity contribution in [1.82, 2.24) is 0 Å². The number of aliphatic hydroxyl groups is 1. The van der Waals surface area contributed by atoms with Gasteiger partial charge >= 0.3 is 0 Å². The summed E-state index contributed by atoms with van der Waals surface area (Å²) in [6.07, 6.45) is 1.82. The van der Waals surface area contributed by atoms with Crippen LogP contribution in [0, 0.1) is 13.8 Å². The van der Waals surface area contributed by atoms with Crippen LogP contribution in [0.4, 0.5) is 5.69 Å². The zero-order valence-electron chi connectivity index (χ0n) is 12.0. The summed E-state index contributed by atoms with van der Waals surface area (Å²) in [5.41, 5.74) is 9.29. The molecular formula is C15H26N2O. The summed E-state index contributed by atoms with van der Waals surface area (Å²) in [4.78, 5) is 2.24. The van der Waals surface area contributed by atoms with Gasteiger partial charge in [0, 0.05) is 24.8 Å². The summed E-state index contributed by atoms with van der Waals surface area (Å²) in [6.45, 7) is 7.12. The van der Waals surface area contributed by atoms with E-state index in [0.717, 1.165) is 19.4 Å². The van der Waals surface area contributed by atoms with Gasteiger partial charge in [0.15, 0.2) is 0 Å². The molecule has 102 valence electrons. The van der Waals surface area contributed by atoms with E-state index in [9.17, 15) is 0 Å². The molecule has 1 aromatic carbocycles. The predicted molar refractivity (Wildman–Crippen MR) is 78.1 cm³/mol. The molecule has 0 spiro atoms. The smallest absolute Gasteiger partial charge is 0.0608 e. The highest BCUT2D eigenvalue weighted by atomic mass is 16.3. The van der Waals surface area contributed by atoms with Crippen LogP contribution < -0.4 is 10.6 Å². The highest BCUT2D eigenvalue weighted by Crippen LogP contribution is 2.18. The monoisotopic (exact) mass is 250 g/mol. The first kappa shape index (κ1) is 15.0. The minimum Gasteiger partial charge on any atom is -0.394 e. The SMILES string of the molecule is Cc1cc(C)cc(N(C)CCCC(C)(N)CO)c1. The van der Waals surface area contributed by atoms with E-state index in [-0.39, 0.29) is 6.61 Å². The van der Waals surface area contributed by atoms with E-state index in [4.69, 9.17) is 10.8 Å². The molecule has 0 bridgehead atoms. The van der Waals surface area contributed by atoms with Crippen LogP contribution in [0.2, 0.25) is 0 Å². The van der Waals surface area contributed by atoms with Gasteiger partial charge in [0.05, 0.1) is 6.61 Å². The van der Waals surface area contributed by atoms with Crippen molar-refractivity contribution in [2.45, 2.75) is 39.2 Å². The highest BCUT2D eigenvalue weighted by Gasteiger charge is 2.16. The quantitative estimate of drug-likeness (QED) is 0.814. The van der Waals surface area contributed by atoms with Crippen molar-refractivity contribution in [1.29, 1.82) is 0 Å². The molecular weight excluding hydrogens is 224 g/mol. The van der Waals surface area contributed by atoms with E-state index in [1.807, 2.05) is 6.92 Å².